The maximum absolute atomic E-state index is 12.5. The second kappa shape index (κ2) is 7.09. The van der Waals surface area contributed by atoms with E-state index in [0.29, 0.717) is 33.7 Å². The van der Waals surface area contributed by atoms with Gasteiger partial charge >= 0.3 is 165 Å². The van der Waals surface area contributed by atoms with Crippen LogP contribution in [0.1, 0.15) is 31.7 Å². The van der Waals surface area contributed by atoms with Crippen LogP contribution in [0, 0.1) is 17.2 Å². The summed E-state index contributed by atoms with van der Waals surface area (Å²) in [6.07, 6.45) is 3.50. The van der Waals surface area contributed by atoms with Gasteiger partial charge in [-0.3, -0.25) is 0 Å². The van der Waals surface area contributed by atoms with Crippen molar-refractivity contribution in [1.82, 2.24) is 9.55 Å². The summed E-state index contributed by atoms with van der Waals surface area (Å²) < 4.78 is 7.84. The van der Waals surface area contributed by atoms with Crippen LogP contribution in [-0.4, -0.2) is 46.6 Å². The number of benzene rings is 1. The fourth-order valence-electron chi connectivity index (χ4n) is 4.07. The van der Waals surface area contributed by atoms with Crippen molar-refractivity contribution in [2.24, 2.45) is 5.92 Å². The molecule has 1 saturated heterocycles. The number of nitrogens with zero attached hydrogens (tertiary/aromatic N) is 3. The first kappa shape index (κ1) is 18.2. The van der Waals surface area contributed by atoms with Gasteiger partial charge in [0.15, 0.2) is 0 Å². The number of anilines is 1. The zero-order valence-electron chi connectivity index (χ0n) is 15.3. The third kappa shape index (κ3) is 3.17. The zero-order chi connectivity index (χ0) is 19.1. The molecule has 27 heavy (non-hydrogen) atoms. The van der Waals surface area contributed by atoms with Gasteiger partial charge in [-0.1, -0.05) is 0 Å². The van der Waals surface area contributed by atoms with Gasteiger partial charge < -0.3 is 0 Å². The van der Waals surface area contributed by atoms with E-state index in [-0.39, 0.29) is 17.3 Å². The van der Waals surface area contributed by atoms with E-state index in [0.717, 1.165) is 38.0 Å². The monoisotopic (exact) mass is 430 g/mol. The SMILES string of the molecule is COc1c(N2CCC(C([AsH2])CC#N)C2)ccc2c(=O)[nH]c(=O)n(C3CC3)c12. The molecule has 2 fully saturated rings. The van der Waals surface area contributed by atoms with Crippen LogP contribution in [0.2, 0.25) is 4.71 Å². The van der Waals surface area contributed by atoms with Crippen molar-refractivity contribution in [3.05, 3.63) is 33.0 Å². The molecule has 3 atom stereocenters. The molecule has 1 aromatic heterocycles. The molecule has 2 heterocycles. The number of fused-ring (bicyclic) bond motifs is 1. The number of ether oxygens (including phenoxy) is 1. The van der Waals surface area contributed by atoms with Crippen molar-refractivity contribution in [1.29, 1.82) is 5.26 Å². The van der Waals surface area contributed by atoms with Gasteiger partial charge in [0.1, 0.15) is 0 Å². The standard InChI is InChI=1S/C19H23AsN4O3/c1-27-17-15(23-9-7-11(10-23)14(20)6-8-21)5-4-13-16(17)24(12-2-3-12)19(26)22-18(13)25/h4-5,11-12,14H,2-3,6-7,9-10,20H2,1H3,(H,22,25,26). The van der Waals surface area contributed by atoms with Crippen molar-refractivity contribution in [2.75, 3.05) is 25.1 Å². The number of nitriles is 1. The van der Waals surface area contributed by atoms with Crippen LogP contribution in [0.3, 0.4) is 0 Å². The molecule has 3 unspecified atom stereocenters. The van der Waals surface area contributed by atoms with E-state index in [4.69, 9.17) is 10.00 Å². The molecule has 2 aliphatic rings. The molecular formula is C19H23AsN4O3. The van der Waals surface area contributed by atoms with Crippen LogP contribution in [0.25, 0.3) is 10.9 Å². The topological polar surface area (TPSA) is 91.1 Å². The van der Waals surface area contributed by atoms with E-state index in [2.05, 4.69) is 16.0 Å². The molecule has 0 amide bonds. The minimum absolute atomic E-state index is 0.130. The first-order chi connectivity index (χ1) is 13.0. The van der Waals surface area contributed by atoms with Gasteiger partial charge in [0, 0.05) is 0 Å². The van der Waals surface area contributed by atoms with Crippen molar-refractivity contribution < 1.29 is 4.74 Å². The summed E-state index contributed by atoms with van der Waals surface area (Å²) in [6.45, 7) is 1.75. The molecule has 1 saturated carbocycles. The Labute approximate surface area is 165 Å². The van der Waals surface area contributed by atoms with E-state index < -0.39 is 0 Å². The molecule has 4 rings (SSSR count). The van der Waals surface area contributed by atoms with E-state index in [1.54, 1.807) is 34.6 Å². The summed E-state index contributed by atoms with van der Waals surface area (Å²) in [5.74, 6) is 1.08. The number of rotatable bonds is 5. The fraction of sp³-hybridized carbons (Fsp3) is 0.526. The molecule has 1 N–H and O–H groups in total. The molecular weight excluding hydrogens is 407 g/mol. The Morgan fingerprint density at radius 1 is 1.37 bits per heavy atom. The summed E-state index contributed by atoms with van der Waals surface area (Å²) in [5.41, 5.74) is 0.782. The summed E-state index contributed by atoms with van der Waals surface area (Å²) >= 11 is 1.62. The predicted octanol–water partition coefficient (Wildman–Crippen LogP) is 1.19. The zero-order valence-corrected chi connectivity index (χ0v) is 17.7. The Bertz CT molecular complexity index is 1030. The third-order valence-electron chi connectivity index (χ3n) is 5.65. The Hall–Kier alpha value is -2.19. The van der Waals surface area contributed by atoms with E-state index >= 15 is 0 Å². The predicted molar refractivity (Wildman–Crippen MR) is 106 cm³/mol. The Kier molecular flexibility index (Phi) is 4.77. The van der Waals surface area contributed by atoms with Gasteiger partial charge in [0.25, 0.3) is 0 Å². The van der Waals surface area contributed by atoms with Crippen LogP contribution in [-0.2, 0) is 0 Å². The maximum atomic E-state index is 12.5. The van der Waals surface area contributed by atoms with Crippen LogP contribution >= 0.6 is 0 Å². The molecule has 1 aromatic carbocycles. The molecule has 0 spiro atoms. The quantitative estimate of drug-likeness (QED) is 0.720. The van der Waals surface area contributed by atoms with Crippen molar-refractivity contribution in [2.45, 2.75) is 36.4 Å². The number of hydrogen-bond acceptors (Lipinski definition) is 5. The Balaban J connectivity index is 1.81. The second-order valence-electron chi connectivity index (χ2n) is 7.40. The van der Waals surface area contributed by atoms with Gasteiger partial charge in [-0.25, -0.2) is 0 Å². The van der Waals surface area contributed by atoms with Gasteiger partial charge in [-0.2, -0.15) is 0 Å². The van der Waals surface area contributed by atoms with E-state index in [1.807, 2.05) is 6.07 Å². The first-order valence-corrected chi connectivity index (χ1v) is 10.7. The van der Waals surface area contributed by atoms with Crippen molar-refractivity contribution >= 4 is 33.4 Å². The van der Waals surface area contributed by atoms with E-state index in [9.17, 15) is 9.59 Å². The summed E-state index contributed by atoms with van der Waals surface area (Å²) in [5, 5.41) is 9.47. The average molecular weight is 430 g/mol. The number of methoxy groups -OCH3 is 1. The van der Waals surface area contributed by atoms with Gasteiger partial charge in [0.2, 0.25) is 0 Å². The summed E-state index contributed by atoms with van der Waals surface area (Å²) in [7, 11) is 1.59. The average Bonchev–Trinajstić information content (AvgIpc) is 3.35. The number of aromatic nitrogens is 2. The number of aromatic amines is 1. The Morgan fingerprint density at radius 2 is 2.15 bits per heavy atom. The Morgan fingerprint density at radius 3 is 2.81 bits per heavy atom. The van der Waals surface area contributed by atoms with Crippen molar-refractivity contribution in [3.8, 4) is 11.8 Å². The van der Waals surface area contributed by atoms with Gasteiger partial charge in [-0.15, -0.1) is 0 Å². The van der Waals surface area contributed by atoms with Gasteiger partial charge in [0.05, 0.1) is 0 Å². The molecule has 2 aromatic rings. The number of H-pyrrole nitrogens is 1. The second-order valence-corrected chi connectivity index (χ2v) is 9.19. The fourth-order valence-corrected chi connectivity index (χ4v) is 4.95. The van der Waals surface area contributed by atoms with Gasteiger partial charge in [-0.05, 0) is 0 Å². The molecule has 0 radical (unpaired) electrons. The van der Waals surface area contributed by atoms with Crippen molar-refractivity contribution in [3.63, 3.8) is 0 Å². The minimum atomic E-state index is -0.374. The third-order valence-corrected chi connectivity index (χ3v) is 7.29. The molecule has 142 valence electrons. The summed E-state index contributed by atoms with van der Waals surface area (Å²) in [4.78, 5) is 29.5. The van der Waals surface area contributed by atoms with Crippen LogP contribution in [0.5, 0.6) is 5.75 Å². The normalized spacial score (nSPS) is 20.6. The van der Waals surface area contributed by atoms with E-state index in [1.165, 1.54) is 0 Å². The number of hydrogen-bond donors (Lipinski definition) is 1. The number of nitrogens with one attached hydrogen (secondary N) is 1. The van der Waals surface area contributed by atoms with Crippen LogP contribution < -0.4 is 20.9 Å². The first-order valence-electron chi connectivity index (χ1n) is 9.28. The molecule has 1 aliphatic carbocycles. The summed E-state index contributed by atoms with van der Waals surface area (Å²) in [6, 6.07) is 6.12. The molecule has 7 nitrogen and oxygen atoms in total. The molecule has 0 bridgehead atoms. The van der Waals surface area contributed by atoms with Crippen LogP contribution in [0.15, 0.2) is 21.7 Å². The molecule has 1 aliphatic heterocycles. The van der Waals surface area contributed by atoms with Crippen LogP contribution in [0.4, 0.5) is 5.69 Å². The molecule has 8 heteroatoms.